The zero-order chi connectivity index (χ0) is 16.6. The topological polar surface area (TPSA) is 81.5 Å². The SMILES string of the molecule is Cc1cc(CN(C)C(=O)[C@@H](C)n2c(=O)oc3ccccc32)no1. The number of aryl methyl sites for hydroxylation is 1. The Morgan fingerprint density at radius 2 is 2.13 bits per heavy atom. The van der Waals surface area contributed by atoms with Gasteiger partial charge < -0.3 is 13.8 Å². The lowest BCUT2D eigenvalue weighted by Crippen LogP contribution is -2.35. The van der Waals surface area contributed by atoms with Crippen molar-refractivity contribution in [2.75, 3.05) is 7.05 Å². The van der Waals surface area contributed by atoms with E-state index in [-0.39, 0.29) is 5.91 Å². The number of carbonyl (C=O) groups excluding carboxylic acids is 1. The molecule has 0 saturated heterocycles. The van der Waals surface area contributed by atoms with Crippen LogP contribution in [0.5, 0.6) is 0 Å². The molecule has 0 unspecified atom stereocenters. The summed E-state index contributed by atoms with van der Waals surface area (Å²) in [7, 11) is 1.66. The van der Waals surface area contributed by atoms with Crippen molar-refractivity contribution in [2.24, 2.45) is 0 Å². The van der Waals surface area contributed by atoms with E-state index in [4.69, 9.17) is 8.94 Å². The number of carbonyl (C=O) groups is 1. The van der Waals surface area contributed by atoms with E-state index >= 15 is 0 Å². The maximum Gasteiger partial charge on any atom is 0.420 e. The smallest absolute Gasteiger partial charge is 0.408 e. The molecule has 2 aromatic heterocycles. The van der Waals surface area contributed by atoms with Gasteiger partial charge >= 0.3 is 5.76 Å². The van der Waals surface area contributed by atoms with Gasteiger partial charge in [-0.3, -0.25) is 9.36 Å². The summed E-state index contributed by atoms with van der Waals surface area (Å²) in [6, 6.07) is 8.13. The fourth-order valence-corrected chi connectivity index (χ4v) is 2.59. The van der Waals surface area contributed by atoms with Crippen LogP contribution in [0.3, 0.4) is 0 Å². The summed E-state index contributed by atoms with van der Waals surface area (Å²) < 4.78 is 11.5. The molecule has 0 N–H and O–H groups in total. The van der Waals surface area contributed by atoms with E-state index in [2.05, 4.69) is 5.16 Å². The summed E-state index contributed by atoms with van der Waals surface area (Å²) in [5.41, 5.74) is 1.73. The molecule has 0 spiro atoms. The highest BCUT2D eigenvalue weighted by Crippen LogP contribution is 2.18. The largest absolute Gasteiger partial charge is 0.420 e. The van der Waals surface area contributed by atoms with Crippen LogP contribution < -0.4 is 5.76 Å². The molecule has 120 valence electrons. The average Bonchev–Trinajstić information content (AvgIpc) is 3.07. The summed E-state index contributed by atoms with van der Waals surface area (Å²) in [6.07, 6.45) is 0. The van der Waals surface area contributed by atoms with Crippen molar-refractivity contribution in [1.82, 2.24) is 14.6 Å². The van der Waals surface area contributed by atoms with Crippen LogP contribution in [0.4, 0.5) is 0 Å². The van der Waals surface area contributed by atoms with Crippen LogP contribution >= 0.6 is 0 Å². The van der Waals surface area contributed by atoms with Crippen LogP contribution in [0.15, 0.2) is 44.1 Å². The van der Waals surface area contributed by atoms with Crippen LogP contribution in [0.1, 0.15) is 24.4 Å². The first-order valence-electron chi connectivity index (χ1n) is 7.24. The number of amides is 1. The summed E-state index contributed by atoms with van der Waals surface area (Å²) >= 11 is 0. The molecule has 0 aliphatic heterocycles. The van der Waals surface area contributed by atoms with E-state index in [1.54, 1.807) is 51.2 Å². The molecule has 1 aromatic carbocycles. The minimum Gasteiger partial charge on any atom is -0.408 e. The maximum atomic E-state index is 12.6. The number of para-hydroxylation sites is 2. The van der Waals surface area contributed by atoms with Crippen LogP contribution in [0, 0.1) is 6.92 Å². The van der Waals surface area contributed by atoms with Crippen LogP contribution in [0.2, 0.25) is 0 Å². The van der Waals surface area contributed by atoms with E-state index < -0.39 is 11.8 Å². The van der Waals surface area contributed by atoms with Gasteiger partial charge in [-0.05, 0) is 26.0 Å². The van der Waals surface area contributed by atoms with E-state index in [0.29, 0.717) is 29.1 Å². The van der Waals surface area contributed by atoms with E-state index in [1.165, 1.54) is 9.47 Å². The van der Waals surface area contributed by atoms with Gasteiger partial charge in [0.15, 0.2) is 5.58 Å². The van der Waals surface area contributed by atoms with Crippen LogP contribution in [-0.2, 0) is 11.3 Å². The molecule has 7 heteroatoms. The highest BCUT2D eigenvalue weighted by molar-refractivity contribution is 5.82. The number of likely N-dealkylation sites (N-methyl/N-ethyl adjacent to an activating group) is 1. The lowest BCUT2D eigenvalue weighted by Gasteiger charge is -2.20. The Morgan fingerprint density at radius 1 is 1.39 bits per heavy atom. The third-order valence-corrected chi connectivity index (χ3v) is 3.72. The monoisotopic (exact) mass is 315 g/mol. The van der Waals surface area contributed by atoms with Crippen molar-refractivity contribution in [1.29, 1.82) is 0 Å². The third-order valence-electron chi connectivity index (χ3n) is 3.72. The van der Waals surface area contributed by atoms with Crippen molar-refractivity contribution in [3.05, 3.63) is 52.3 Å². The van der Waals surface area contributed by atoms with Crippen LogP contribution in [0.25, 0.3) is 11.1 Å². The van der Waals surface area contributed by atoms with Gasteiger partial charge in [-0.1, -0.05) is 17.3 Å². The molecule has 1 amide bonds. The van der Waals surface area contributed by atoms with Crippen molar-refractivity contribution < 1.29 is 13.7 Å². The van der Waals surface area contributed by atoms with Crippen molar-refractivity contribution in [2.45, 2.75) is 26.4 Å². The summed E-state index contributed by atoms with van der Waals surface area (Å²) in [4.78, 5) is 26.2. The highest BCUT2D eigenvalue weighted by Gasteiger charge is 2.24. The summed E-state index contributed by atoms with van der Waals surface area (Å²) in [5.74, 6) is -0.0667. The molecule has 0 bridgehead atoms. The van der Waals surface area contributed by atoms with Gasteiger partial charge in [0.2, 0.25) is 5.91 Å². The quantitative estimate of drug-likeness (QED) is 0.736. The summed E-state index contributed by atoms with van der Waals surface area (Å²) in [5, 5.41) is 3.87. The van der Waals surface area contributed by atoms with Gasteiger partial charge in [0, 0.05) is 13.1 Å². The summed E-state index contributed by atoms with van der Waals surface area (Å²) in [6.45, 7) is 3.78. The minimum absolute atomic E-state index is 0.209. The fourth-order valence-electron chi connectivity index (χ4n) is 2.59. The second kappa shape index (κ2) is 5.75. The van der Waals surface area contributed by atoms with Gasteiger partial charge in [0.1, 0.15) is 17.5 Å². The molecular formula is C16H17N3O4. The zero-order valence-electron chi connectivity index (χ0n) is 13.1. The predicted octanol–water partition coefficient (Wildman–Crippen LogP) is 2.11. The number of hydrogen-bond donors (Lipinski definition) is 0. The van der Waals surface area contributed by atoms with Gasteiger partial charge in [0.05, 0.1) is 12.1 Å². The Kier molecular flexibility index (Phi) is 3.77. The number of nitrogens with zero attached hydrogens (tertiary/aromatic N) is 3. The van der Waals surface area contributed by atoms with Gasteiger partial charge in [-0.2, -0.15) is 0 Å². The fraction of sp³-hybridized carbons (Fsp3) is 0.312. The molecule has 0 aliphatic carbocycles. The Hall–Kier alpha value is -2.83. The molecular weight excluding hydrogens is 298 g/mol. The van der Waals surface area contributed by atoms with Crippen molar-refractivity contribution in [3.8, 4) is 0 Å². The second-order valence-corrected chi connectivity index (χ2v) is 5.50. The second-order valence-electron chi connectivity index (χ2n) is 5.50. The normalized spacial score (nSPS) is 12.5. The molecule has 0 saturated carbocycles. The Labute approximate surface area is 132 Å². The molecule has 0 aliphatic rings. The zero-order valence-corrected chi connectivity index (χ0v) is 13.1. The van der Waals surface area contributed by atoms with Gasteiger partial charge in [-0.25, -0.2) is 4.79 Å². The molecule has 7 nitrogen and oxygen atoms in total. The highest BCUT2D eigenvalue weighted by atomic mass is 16.5. The van der Waals surface area contributed by atoms with E-state index in [0.717, 1.165) is 0 Å². The van der Waals surface area contributed by atoms with Crippen LogP contribution in [-0.4, -0.2) is 27.6 Å². The van der Waals surface area contributed by atoms with Gasteiger partial charge in [-0.15, -0.1) is 0 Å². The minimum atomic E-state index is -0.677. The predicted molar refractivity (Wildman–Crippen MR) is 82.9 cm³/mol. The number of fused-ring (bicyclic) bond motifs is 1. The van der Waals surface area contributed by atoms with Crippen molar-refractivity contribution in [3.63, 3.8) is 0 Å². The first kappa shape index (κ1) is 15.1. The maximum absolute atomic E-state index is 12.6. The number of hydrogen-bond acceptors (Lipinski definition) is 5. The molecule has 3 rings (SSSR count). The molecule has 0 radical (unpaired) electrons. The number of rotatable bonds is 4. The molecule has 1 atom stereocenters. The first-order chi connectivity index (χ1) is 11.0. The number of aromatic nitrogens is 2. The lowest BCUT2D eigenvalue weighted by atomic mass is 10.2. The standard InChI is InChI=1S/C16H17N3O4/c1-10-8-12(17-23-10)9-18(3)15(20)11(2)19-13-6-4-5-7-14(13)22-16(19)21/h4-8,11H,9H2,1-3H3/t11-/m1/s1. The van der Waals surface area contributed by atoms with Crippen molar-refractivity contribution >= 4 is 17.0 Å². The molecule has 23 heavy (non-hydrogen) atoms. The van der Waals surface area contributed by atoms with E-state index in [9.17, 15) is 9.59 Å². The Balaban J connectivity index is 1.86. The Bertz CT molecular complexity index is 905. The average molecular weight is 315 g/mol. The molecule has 2 heterocycles. The van der Waals surface area contributed by atoms with Gasteiger partial charge in [0.25, 0.3) is 0 Å². The Morgan fingerprint density at radius 3 is 2.83 bits per heavy atom. The lowest BCUT2D eigenvalue weighted by molar-refractivity contribution is -0.133. The first-order valence-corrected chi connectivity index (χ1v) is 7.24. The van der Waals surface area contributed by atoms with E-state index in [1.807, 2.05) is 0 Å². The third kappa shape index (κ3) is 2.77. The number of benzene rings is 1. The number of oxazole rings is 1. The molecule has 3 aromatic rings. The molecule has 0 fully saturated rings.